The van der Waals surface area contributed by atoms with Crippen LogP contribution in [-0.4, -0.2) is 11.3 Å². The number of thiocarbonyl (C=S) groups is 1. The van der Waals surface area contributed by atoms with Gasteiger partial charge in [0.05, 0.1) is 11.8 Å². The highest BCUT2D eigenvalue weighted by molar-refractivity contribution is 7.80. The van der Waals surface area contributed by atoms with Crippen LogP contribution in [0.2, 0.25) is 0 Å². The third-order valence-electron chi connectivity index (χ3n) is 2.19. The van der Waals surface area contributed by atoms with Crippen LogP contribution in [0.25, 0.3) is 11.3 Å². The highest BCUT2D eigenvalue weighted by Gasteiger charge is 2.10. The first-order chi connectivity index (χ1) is 9.06. The van der Waals surface area contributed by atoms with Crippen LogP contribution in [-0.2, 0) is 0 Å². The van der Waals surface area contributed by atoms with Gasteiger partial charge in [-0.05, 0) is 36.5 Å². The van der Waals surface area contributed by atoms with Crippen molar-refractivity contribution in [2.24, 2.45) is 10.8 Å². The van der Waals surface area contributed by atoms with E-state index in [1.54, 1.807) is 12.1 Å². The monoisotopic (exact) mass is 281 g/mol. The molecule has 2 aromatic rings. The fraction of sp³-hybridized carbons (Fsp3) is 0. The van der Waals surface area contributed by atoms with Crippen molar-refractivity contribution < 1.29 is 13.2 Å². The molecule has 0 aliphatic heterocycles. The Hall–Kier alpha value is -2.28. The second-order valence-electron chi connectivity index (χ2n) is 3.56. The van der Waals surface area contributed by atoms with E-state index in [4.69, 9.17) is 10.2 Å². The Balaban J connectivity index is 2.21. The van der Waals surface area contributed by atoms with Gasteiger partial charge in [-0.3, -0.25) is 5.43 Å². The molecule has 0 aliphatic carbocycles. The minimum absolute atomic E-state index is 0.0209. The molecule has 1 aromatic carbocycles. The van der Waals surface area contributed by atoms with Gasteiger partial charge in [0.15, 0.2) is 5.11 Å². The highest BCUT2D eigenvalue weighted by atomic mass is 32.1. The number of halogens is 2. The molecular formula is C12H9F2N3OS. The molecule has 0 unspecified atom stereocenters. The molecule has 4 nitrogen and oxygen atoms in total. The van der Waals surface area contributed by atoms with Crippen LogP contribution in [0.4, 0.5) is 8.78 Å². The van der Waals surface area contributed by atoms with Gasteiger partial charge in [-0.15, -0.1) is 0 Å². The van der Waals surface area contributed by atoms with E-state index in [0.29, 0.717) is 5.76 Å². The molecule has 1 aromatic heterocycles. The molecule has 0 amide bonds. The van der Waals surface area contributed by atoms with Crippen LogP contribution in [0.5, 0.6) is 0 Å². The fourth-order valence-corrected chi connectivity index (χ4v) is 1.47. The van der Waals surface area contributed by atoms with Crippen molar-refractivity contribution >= 4 is 23.5 Å². The number of nitrogens with two attached hydrogens (primary N) is 1. The highest BCUT2D eigenvalue weighted by Crippen LogP contribution is 2.24. The fourth-order valence-electron chi connectivity index (χ4n) is 1.42. The van der Waals surface area contributed by atoms with Crippen molar-refractivity contribution in [2.45, 2.75) is 0 Å². The minimum atomic E-state index is -0.695. The second kappa shape index (κ2) is 5.57. The smallest absolute Gasteiger partial charge is 0.184 e. The third-order valence-corrected chi connectivity index (χ3v) is 2.28. The van der Waals surface area contributed by atoms with Crippen molar-refractivity contribution in [3.8, 4) is 11.3 Å². The second-order valence-corrected chi connectivity index (χ2v) is 4.00. The van der Waals surface area contributed by atoms with E-state index in [1.165, 1.54) is 12.3 Å². The SMILES string of the molecule is NC(=S)N/N=C\c1ccc(-c2ccc(F)cc2F)o1. The van der Waals surface area contributed by atoms with Gasteiger partial charge in [-0.2, -0.15) is 5.10 Å². The zero-order chi connectivity index (χ0) is 13.8. The number of nitrogens with one attached hydrogen (secondary N) is 1. The van der Waals surface area contributed by atoms with Crippen molar-refractivity contribution in [3.63, 3.8) is 0 Å². The van der Waals surface area contributed by atoms with Gasteiger partial charge < -0.3 is 10.2 Å². The molecule has 1 heterocycles. The third kappa shape index (κ3) is 3.35. The lowest BCUT2D eigenvalue weighted by atomic mass is 10.1. The predicted octanol–water partition coefficient (Wildman–Crippen LogP) is 2.39. The Kier molecular flexibility index (Phi) is 3.86. The Labute approximate surface area is 112 Å². The molecule has 0 saturated heterocycles. The summed E-state index contributed by atoms with van der Waals surface area (Å²) in [5.41, 5.74) is 7.70. The van der Waals surface area contributed by atoms with Gasteiger partial charge in [0.2, 0.25) is 0 Å². The van der Waals surface area contributed by atoms with Crippen LogP contribution in [0, 0.1) is 11.6 Å². The average molecular weight is 281 g/mol. The van der Waals surface area contributed by atoms with E-state index in [2.05, 4.69) is 22.7 Å². The summed E-state index contributed by atoms with van der Waals surface area (Å²) in [6, 6.07) is 6.39. The lowest BCUT2D eigenvalue weighted by Crippen LogP contribution is -2.23. The van der Waals surface area contributed by atoms with Crippen molar-refractivity contribution in [2.75, 3.05) is 0 Å². The summed E-state index contributed by atoms with van der Waals surface area (Å²) >= 11 is 4.56. The van der Waals surface area contributed by atoms with Gasteiger partial charge in [0, 0.05) is 6.07 Å². The van der Waals surface area contributed by atoms with Gasteiger partial charge >= 0.3 is 0 Å². The van der Waals surface area contributed by atoms with E-state index >= 15 is 0 Å². The Morgan fingerprint density at radius 2 is 2.11 bits per heavy atom. The molecule has 0 spiro atoms. The summed E-state index contributed by atoms with van der Waals surface area (Å²) in [6.07, 6.45) is 1.34. The lowest BCUT2D eigenvalue weighted by molar-refractivity contribution is 0.556. The van der Waals surface area contributed by atoms with Gasteiger partial charge in [0.1, 0.15) is 23.2 Å². The van der Waals surface area contributed by atoms with E-state index in [0.717, 1.165) is 12.1 Å². The summed E-state index contributed by atoms with van der Waals surface area (Å²) in [7, 11) is 0. The first-order valence-corrected chi connectivity index (χ1v) is 5.61. The van der Waals surface area contributed by atoms with Crippen LogP contribution in [0.1, 0.15) is 5.76 Å². The molecule has 2 rings (SSSR count). The molecule has 0 saturated carbocycles. The zero-order valence-corrected chi connectivity index (χ0v) is 10.4. The molecule has 0 atom stereocenters. The number of hydrogen-bond donors (Lipinski definition) is 2. The first-order valence-electron chi connectivity index (χ1n) is 5.20. The zero-order valence-electron chi connectivity index (χ0n) is 9.56. The lowest BCUT2D eigenvalue weighted by Gasteiger charge is -1.99. The molecule has 0 fully saturated rings. The molecule has 7 heteroatoms. The predicted molar refractivity (Wildman–Crippen MR) is 71.6 cm³/mol. The van der Waals surface area contributed by atoms with E-state index in [9.17, 15) is 8.78 Å². The number of furan rings is 1. The Morgan fingerprint density at radius 3 is 2.79 bits per heavy atom. The topological polar surface area (TPSA) is 63.5 Å². The Morgan fingerprint density at radius 1 is 1.32 bits per heavy atom. The molecule has 98 valence electrons. The number of hydrazone groups is 1. The summed E-state index contributed by atoms with van der Waals surface area (Å²) in [4.78, 5) is 0. The number of benzene rings is 1. The van der Waals surface area contributed by atoms with Crippen LogP contribution in [0.15, 0.2) is 39.9 Å². The quantitative estimate of drug-likeness (QED) is 0.515. The van der Waals surface area contributed by atoms with Crippen LogP contribution < -0.4 is 11.2 Å². The van der Waals surface area contributed by atoms with Crippen molar-refractivity contribution in [3.05, 3.63) is 47.7 Å². The molecule has 0 aliphatic rings. The molecular weight excluding hydrogens is 272 g/mol. The average Bonchev–Trinajstić information content (AvgIpc) is 2.77. The number of nitrogens with zero attached hydrogens (tertiary/aromatic N) is 1. The summed E-state index contributed by atoms with van der Waals surface area (Å²) in [5, 5.41) is 3.72. The van der Waals surface area contributed by atoms with E-state index < -0.39 is 11.6 Å². The van der Waals surface area contributed by atoms with Gasteiger partial charge in [-0.1, -0.05) is 0 Å². The summed E-state index contributed by atoms with van der Waals surface area (Å²) in [5.74, 6) is -0.689. The van der Waals surface area contributed by atoms with Crippen molar-refractivity contribution in [1.29, 1.82) is 0 Å². The molecule has 0 radical (unpaired) electrons. The largest absolute Gasteiger partial charge is 0.455 e. The normalized spacial score (nSPS) is 10.8. The molecule has 0 bridgehead atoms. The number of hydrogen-bond acceptors (Lipinski definition) is 3. The first kappa shape index (κ1) is 13.2. The molecule has 3 N–H and O–H groups in total. The van der Waals surface area contributed by atoms with Gasteiger partial charge in [-0.25, -0.2) is 8.78 Å². The maximum atomic E-state index is 13.5. The standard InChI is InChI=1S/C12H9F2N3OS/c13-7-1-3-9(10(14)5-7)11-4-2-8(18-11)6-16-17-12(15)19/h1-6H,(H3,15,17,19)/b16-6-. The van der Waals surface area contributed by atoms with Crippen LogP contribution in [0.3, 0.4) is 0 Å². The Bertz CT molecular complexity index is 640. The molecule has 19 heavy (non-hydrogen) atoms. The maximum absolute atomic E-state index is 13.5. The van der Waals surface area contributed by atoms with E-state index in [1.807, 2.05) is 0 Å². The summed E-state index contributed by atoms with van der Waals surface area (Å²) < 4.78 is 31.6. The van der Waals surface area contributed by atoms with Gasteiger partial charge in [0.25, 0.3) is 0 Å². The van der Waals surface area contributed by atoms with Crippen LogP contribution >= 0.6 is 12.2 Å². The summed E-state index contributed by atoms with van der Waals surface area (Å²) in [6.45, 7) is 0. The number of rotatable bonds is 3. The minimum Gasteiger partial charge on any atom is -0.455 e. The van der Waals surface area contributed by atoms with E-state index in [-0.39, 0.29) is 16.4 Å². The van der Waals surface area contributed by atoms with Crippen molar-refractivity contribution in [1.82, 2.24) is 5.43 Å². The maximum Gasteiger partial charge on any atom is 0.184 e.